The van der Waals surface area contributed by atoms with Crippen LogP contribution in [0.5, 0.6) is 0 Å². The molecule has 1 aromatic rings. The highest BCUT2D eigenvalue weighted by Crippen LogP contribution is 2.20. The maximum atomic E-state index is 11.8. The molecule has 6 heteroatoms. The Bertz CT molecular complexity index is 493. The Morgan fingerprint density at radius 3 is 2.80 bits per heavy atom. The third-order valence-corrected chi connectivity index (χ3v) is 4.12. The van der Waals surface area contributed by atoms with E-state index in [4.69, 9.17) is 11.6 Å². The fourth-order valence-electron chi connectivity index (χ4n) is 1.51. The Hall–Kier alpha value is -1.20. The average molecular weight is 316 g/mol. The van der Waals surface area contributed by atoms with E-state index in [0.29, 0.717) is 16.5 Å². The molecular weight excluding hydrogens is 298 g/mol. The van der Waals surface area contributed by atoms with Crippen molar-refractivity contribution < 1.29 is 14.3 Å². The van der Waals surface area contributed by atoms with E-state index in [1.165, 1.54) is 18.9 Å². The van der Waals surface area contributed by atoms with E-state index < -0.39 is 0 Å². The zero-order valence-corrected chi connectivity index (χ0v) is 13.3. The molecule has 4 nitrogen and oxygen atoms in total. The molecule has 1 aromatic carbocycles. The van der Waals surface area contributed by atoms with Crippen molar-refractivity contribution in [1.29, 1.82) is 0 Å². The summed E-state index contributed by atoms with van der Waals surface area (Å²) in [6.07, 6.45) is 0. The van der Waals surface area contributed by atoms with E-state index in [1.807, 2.05) is 13.0 Å². The number of halogens is 1. The molecule has 1 unspecified atom stereocenters. The minimum absolute atomic E-state index is 0.113. The summed E-state index contributed by atoms with van der Waals surface area (Å²) in [4.78, 5) is 23.0. The number of thioether (sulfide) groups is 1. The fourth-order valence-corrected chi connectivity index (χ4v) is 2.55. The van der Waals surface area contributed by atoms with E-state index in [9.17, 15) is 9.59 Å². The fraction of sp³-hybridized carbons (Fsp3) is 0.429. The number of hydrogen-bond acceptors (Lipinski definition) is 4. The lowest BCUT2D eigenvalue weighted by Crippen LogP contribution is -2.18. The number of methoxy groups -OCH3 is 1. The van der Waals surface area contributed by atoms with Crippen LogP contribution in [0.2, 0.25) is 5.02 Å². The van der Waals surface area contributed by atoms with Gasteiger partial charge in [-0.25, -0.2) is 0 Å². The number of carbonyl (C=O) groups is 2. The van der Waals surface area contributed by atoms with Crippen molar-refractivity contribution in [2.24, 2.45) is 5.92 Å². The third kappa shape index (κ3) is 5.43. The van der Waals surface area contributed by atoms with Crippen molar-refractivity contribution in [1.82, 2.24) is 0 Å². The summed E-state index contributed by atoms with van der Waals surface area (Å²) in [5.74, 6) is 0.244. The normalized spacial score (nSPS) is 11.8. The number of carbonyl (C=O) groups excluding carboxylic acids is 2. The first-order valence-corrected chi connectivity index (χ1v) is 7.69. The quantitative estimate of drug-likeness (QED) is 0.819. The van der Waals surface area contributed by atoms with Crippen LogP contribution in [-0.4, -0.2) is 30.5 Å². The first kappa shape index (κ1) is 16.9. The zero-order chi connectivity index (χ0) is 15.1. The summed E-state index contributed by atoms with van der Waals surface area (Å²) in [6.45, 7) is 3.68. The standard InChI is InChI=1S/C14H18ClNO3S/c1-9-4-5-11(15)6-12(9)16-13(17)8-20-7-10(2)14(18)19-3/h4-6,10H,7-8H2,1-3H3,(H,16,17). The Labute approximate surface area is 128 Å². The number of benzene rings is 1. The van der Waals surface area contributed by atoms with Crippen LogP contribution in [0.3, 0.4) is 0 Å². The molecule has 0 aliphatic heterocycles. The minimum Gasteiger partial charge on any atom is -0.469 e. The lowest BCUT2D eigenvalue weighted by Gasteiger charge is -2.10. The van der Waals surface area contributed by atoms with Crippen LogP contribution < -0.4 is 5.32 Å². The molecule has 1 rings (SSSR count). The van der Waals surface area contributed by atoms with E-state index in [2.05, 4.69) is 10.1 Å². The molecule has 0 saturated carbocycles. The molecule has 0 aliphatic rings. The summed E-state index contributed by atoms with van der Waals surface area (Å²) in [5, 5.41) is 3.39. The van der Waals surface area contributed by atoms with Gasteiger partial charge in [-0.3, -0.25) is 9.59 Å². The summed E-state index contributed by atoms with van der Waals surface area (Å²) < 4.78 is 4.63. The number of esters is 1. The van der Waals surface area contributed by atoms with Crippen LogP contribution >= 0.6 is 23.4 Å². The molecule has 0 aliphatic carbocycles. The average Bonchev–Trinajstić information content (AvgIpc) is 2.41. The van der Waals surface area contributed by atoms with Gasteiger partial charge in [0.2, 0.25) is 5.91 Å². The van der Waals surface area contributed by atoms with Crippen molar-refractivity contribution >= 4 is 40.9 Å². The van der Waals surface area contributed by atoms with E-state index in [1.54, 1.807) is 19.1 Å². The maximum absolute atomic E-state index is 11.8. The summed E-state index contributed by atoms with van der Waals surface area (Å²) in [7, 11) is 1.36. The van der Waals surface area contributed by atoms with Crippen molar-refractivity contribution in [3.05, 3.63) is 28.8 Å². The number of aryl methyl sites for hydroxylation is 1. The molecule has 1 N–H and O–H groups in total. The Morgan fingerprint density at radius 2 is 2.15 bits per heavy atom. The van der Waals surface area contributed by atoms with Gasteiger partial charge in [-0.05, 0) is 24.6 Å². The maximum Gasteiger partial charge on any atom is 0.309 e. The molecule has 1 amide bonds. The Morgan fingerprint density at radius 1 is 1.45 bits per heavy atom. The molecule has 1 atom stereocenters. The van der Waals surface area contributed by atoms with Crippen molar-refractivity contribution in [2.45, 2.75) is 13.8 Å². The topological polar surface area (TPSA) is 55.4 Å². The number of amides is 1. The van der Waals surface area contributed by atoms with Gasteiger partial charge in [-0.2, -0.15) is 11.8 Å². The molecule has 110 valence electrons. The van der Waals surface area contributed by atoms with E-state index in [-0.39, 0.29) is 23.5 Å². The summed E-state index contributed by atoms with van der Waals surface area (Å²) in [6, 6.07) is 5.35. The highest BCUT2D eigenvalue weighted by atomic mass is 35.5. The van der Waals surface area contributed by atoms with Crippen molar-refractivity contribution in [3.8, 4) is 0 Å². The molecule has 0 aromatic heterocycles. The van der Waals surface area contributed by atoms with Crippen LogP contribution in [0.1, 0.15) is 12.5 Å². The molecule has 0 bridgehead atoms. The van der Waals surface area contributed by atoms with Crippen LogP contribution in [-0.2, 0) is 14.3 Å². The predicted molar refractivity (Wildman–Crippen MR) is 83.3 cm³/mol. The van der Waals surface area contributed by atoms with Gasteiger partial charge in [0.1, 0.15) is 0 Å². The SMILES string of the molecule is COC(=O)C(C)CSCC(=O)Nc1cc(Cl)ccc1C. The second-order valence-electron chi connectivity index (χ2n) is 4.45. The van der Waals surface area contributed by atoms with Crippen molar-refractivity contribution in [2.75, 3.05) is 23.9 Å². The molecule has 0 spiro atoms. The summed E-state index contributed by atoms with van der Waals surface area (Å²) in [5.41, 5.74) is 1.67. The monoisotopic (exact) mass is 315 g/mol. The first-order valence-electron chi connectivity index (χ1n) is 6.15. The van der Waals surface area contributed by atoms with Gasteiger partial charge in [0.15, 0.2) is 0 Å². The molecule has 0 heterocycles. The van der Waals surface area contributed by atoms with Gasteiger partial charge in [-0.15, -0.1) is 0 Å². The first-order chi connectivity index (χ1) is 9.43. The third-order valence-electron chi connectivity index (χ3n) is 2.68. The van der Waals surface area contributed by atoms with Gasteiger partial charge in [0.05, 0.1) is 18.8 Å². The number of ether oxygens (including phenoxy) is 1. The molecule has 0 saturated heterocycles. The molecule has 0 radical (unpaired) electrons. The molecule has 20 heavy (non-hydrogen) atoms. The summed E-state index contributed by atoms with van der Waals surface area (Å²) >= 11 is 7.29. The minimum atomic E-state index is -0.261. The lowest BCUT2D eigenvalue weighted by atomic mass is 10.2. The van der Waals surface area contributed by atoms with Gasteiger partial charge < -0.3 is 10.1 Å². The number of rotatable bonds is 6. The molecular formula is C14H18ClNO3S. The molecule has 0 fully saturated rings. The van der Waals surface area contributed by atoms with Gasteiger partial charge in [0.25, 0.3) is 0 Å². The highest BCUT2D eigenvalue weighted by Gasteiger charge is 2.14. The smallest absolute Gasteiger partial charge is 0.309 e. The van der Waals surface area contributed by atoms with Crippen LogP contribution in [0, 0.1) is 12.8 Å². The lowest BCUT2D eigenvalue weighted by molar-refractivity contribution is -0.144. The van der Waals surface area contributed by atoms with Gasteiger partial charge >= 0.3 is 5.97 Å². The Kier molecular flexibility index (Phi) is 6.88. The van der Waals surface area contributed by atoms with E-state index in [0.717, 1.165) is 5.56 Å². The van der Waals surface area contributed by atoms with Gasteiger partial charge in [-0.1, -0.05) is 24.6 Å². The van der Waals surface area contributed by atoms with Crippen LogP contribution in [0.4, 0.5) is 5.69 Å². The van der Waals surface area contributed by atoms with Crippen LogP contribution in [0.15, 0.2) is 18.2 Å². The number of hydrogen-bond donors (Lipinski definition) is 1. The second kappa shape index (κ2) is 8.17. The van der Waals surface area contributed by atoms with E-state index >= 15 is 0 Å². The van der Waals surface area contributed by atoms with Crippen molar-refractivity contribution in [3.63, 3.8) is 0 Å². The zero-order valence-electron chi connectivity index (χ0n) is 11.7. The number of nitrogens with one attached hydrogen (secondary N) is 1. The van der Waals surface area contributed by atoms with Crippen LogP contribution in [0.25, 0.3) is 0 Å². The van der Waals surface area contributed by atoms with Gasteiger partial charge in [0, 0.05) is 16.5 Å². The predicted octanol–water partition coefficient (Wildman–Crippen LogP) is 3.13. The number of anilines is 1. The largest absolute Gasteiger partial charge is 0.469 e. The highest BCUT2D eigenvalue weighted by molar-refractivity contribution is 8.00. The second-order valence-corrected chi connectivity index (χ2v) is 5.91. The Balaban J connectivity index is 2.41.